The van der Waals surface area contributed by atoms with Gasteiger partial charge >= 0.3 is 5.97 Å². The molecule has 12 heteroatoms. The molecule has 0 radical (unpaired) electrons. The van der Waals surface area contributed by atoms with E-state index < -0.39 is 47.9 Å². The number of carboxylic acids is 1. The average molecular weight is 482 g/mol. The molecule has 3 amide bonds. The second-order valence-electron chi connectivity index (χ2n) is 9.03. The lowest BCUT2D eigenvalue weighted by Crippen LogP contribution is -2.59. The summed E-state index contributed by atoms with van der Waals surface area (Å²) in [5.74, 6) is -3.55. The largest absolute Gasteiger partial charge is 0.480 e. The van der Waals surface area contributed by atoms with Crippen LogP contribution < -0.4 is 27.4 Å². The highest BCUT2D eigenvalue weighted by Crippen LogP contribution is 2.08. The SMILES string of the molecule is CC(C)C(NC(=O)C(NC(=O)C(Cc1cnc[nH]1)NC(=O)C(N)CCCCN)C(C)C)C(=O)O. The summed E-state index contributed by atoms with van der Waals surface area (Å²) in [6.45, 7) is 7.30. The number of rotatable bonds is 15. The van der Waals surface area contributed by atoms with E-state index in [0.29, 0.717) is 25.1 Å². The van der Waals surface area contributed by atoms with Gasteiger partial charge in [-0.1, -0.05) is 34.1 Å². The molecule has 0 saturated heterocycles. The number of aromatic nitrogens is 2. The van der Waals surface area contributed by atoms with E-state index in [0.717, 1.165) is 6.42 Å². The van der Waals surface area contributed by atoms with Crippen LogP contribution in [-0.4, -0.2) is 69.5 Å². The topological polar surface area (TPSA) is 205 Å². The monoisotopic (exact) mass is 481 g/mol. The number of nitrogens with two attached hydrogens (primary N) is 2. The number of imidazole rings is 1. The van der Waals surface area contributed by atoms with Crippen molar-refractivity contribution >= 4 is 23.7 Å². The summed E-state index contributed by atoms with van der Waals surface area (Å²) in [4.78, 5) is 56.9. The molecule has 1 aromatic heterocycles. The molecule has 9 N–H and O–H groups in total. The van der Waals surface area contributed by atoms with E-state index in [1.807, 2.05) is 0 Å². The minimum Gasteiger partial charge on any atom is -0.480 e. The molecule has 1 aromatic rings. The lowest BCUT2D eigenvalue weighted by molar-refractivity contribution is -0.143. The molecule has 34 heavy (non-hydrogen) atoms. The summed E-state index contributed by atoms with van der Waals surface area (Å²) in [5, 5.41) is 17.2. The quantitative estimate of drug-likeness (QED) is 0.158. The van der Waals surface area contributed by atoms with Gasteiger partial charge in [0.25, 0.3) is 0 Å². The predicted octanol–water partition coefficient (Wildman–Crippen LogP) is -0.740. The molecule has 0 aliphatic rings. The predicted molar refractivity (Wildman–Crippen MR) is 126 cm³/mol. The third kappa shape index (κ3) is 9.48. The fraction of sp³-hybridized carbons (Fsp3) is 0.682. The third-order valence-corrected chi connectivity index (χ3v) is 5.40. The lowest BCUT2D eigenvalue weighted by Gasteiger charge is -2.27. The van der Waals surface area contributed by atoms with Gasteiger partial charge < -0.3 is 37.5 Å². The molecular weight excluding hydrogens is 442 g/mol. The summed E-state index contributed by atoms with van der Waals surface area (Å²) >= 11 is 0. The molecule has 0 bridgehead atoms. The van der Waals surface area contributed by atoms with Crippen LogP contribution in [0.3, 0.4) is 0 Å². The number of carbonyl (C=O) groups is 4. The molecule has 0 aliphatic heterocycles. The van der Waals surface area contributed by atoms with Gasteiger partial charge in [-0.05, 0) is 31.2 Å². The second kappa shape index (κ2) is 14.3. The molecule has 0 aromatic carbocycles. The number of unbranched alkanes of at least 4 members (excludes halogenated alkanes) is 1. The van der Waals surface area contributed by atoms with E-state index in [-0.39, 0.29) is 18.3 Å². The first-order valence-corrected chi connectivity index (χ1v) is 11.5. The normalized spacial score (nSPS) is 14.8. The first kappa shape index (κ1) is 29.0. The van der Waals surface area contributed by atoms with Crippen LogP contribution in [0.15, 0.2) is 12.5 Å². The number of H-pyrrole nitrogens is 1. The maximum atomic E-state index is 13.1. The summed E-state index contributed by atoms with van der Waals surface area (Å²) in [7, 11) is 0. The Kier molecular flexibility index (Phi) is 12.2. The van der Waals surface area contributed by atoms with Crippen molar-refractivity contribution in [2.75, 3.05) is 6.54 Å². The van der Waals surface area contributed by atoms with Crippen LogP contribution in [-0.2, 0) is 25.6 Å². The number of carbonyl (C=O) groups excluding carboxylic acids is 3. The minimum atomic E-state index is -1.16. The molecule has 0 fully saturated rings. The fourth-order valence-electron chi connectivity index (χ4n) is 3.29. The number of nitrogens with zero attached hydrogens (tertiary/aromatic N) is 1. The fourth-order valence-corrected chi connectivity index (χ4v) is 3.29. The van der Waals surface area contributed by atoms with E-state index in [4.69, 9.17) is 11.5 Å². The summed E-state index contributed by atoms with van der Waals surface area (Å²) in [5.41, 5.74) is 12.0. The molecule has 192 valence electrons. The van der Waals surface area contributed by atoms with Crippen molar-refractivity contribution in [2.45, 2.75) is 77.5 Å². The Morgan fingerprint density at radius 1 is 0.971 bits per heavy atom. The van der Waals surface area contributed by atoms with Crippen LogP contribution in [0.25, 0.3) is 0 Å². The van der Waals surface area contributed by atoms with Crippen molar-refractivity contribution < 1.29 is 24.3 Å². The Hall–Kier alpha value is -2.99. The van der Waals surface area contributed by atoms with Crippen LogP contribution in [0.5, 0.6) is 0 Å². The summed E-state index contributed by atoms with van der Waals surface area (Å²) < 4.78 is 0. The number of hydrogen-bond donors (Lipinski definition) is 7. The third-order valence-electron chi connectivity index (χ3n) is 5.40. The molecule has 1 rings (SSSR count). The Bertz CT molecular complexity index is 798. The highest BCUT2D eigenvalue weighted by molar-refractivity contribution is 5.94. The van der Waals surface area contributed by atoms with Gasteiger partial charge in [0.15, 0.2) is 0 Å². The molecular formula is C22H39N7O5. The van der Waals surface area contributed by atoms with Gasteiger partial charge in [0.2, 0.25) is 17.7 Å². The zero-order chi connectivity index (χ0) is 25.8. The standard InChI is InChI=1S/C22H39N7O5/c1-12(2)17(21(32)29-18(13(3)4)22(33)34)28-20(31)16(9-14-10-25-11-26-14)27-19(30)15(24)7-5-6-8-23/h10-13,15-18H,5-9,23-24H2,1-4H3,(H,25,26)(H,27,30)(H,28,31)(H,29,32)(H,33,34). The van der Waals surface area contributed by atoms with Crippen LogP contribution in [0.2, 0.25) is 0 Å². The lowest BCUT2D eigenvalue weighted by atomic mass is 9.99. The molecule has 0 spiro atoms. The van der Waals surface area contributed by atoms with Crippen LogP contribution in [0, 0.1) is 11.8 Å². The number of nitrogens with one attached hydrogen (secondary N) is 4. The van der Waals surface area contributed by atoms with Crippen LogP contribution in [0.4, 0.5) is 0 Å². The molecule has 1 heterocycles. The number of aliphatic carboxylic acids is 1. The van der Waals surface area contributed by atoms with Crippen LogP contribution >= 0.6 is 0 Å². The van der Waals surface area contributed by atoms with E-state index >= 15 is 0 Å². The Morgan fingerprint density at radius 3 is 2.09 bits per heavy atom. The Morgan fingerprint density at radius 2 is 1.59 bits per heavy atom. The molecule has 0 saturated carbocycles. The molecule has 12 nitrogen and oxygen atoms in total. The smallest absolute Gasteiger partial charge is 0.326 e. The van der Waals surface area contributed by atoms with Crippen molar-refractivity contribution in [1.29, 1.82) is 0 Å². The van der Waals surface area contributed by atoms with Crippen molar-refractivity contribution in [3.8, 4) is 0 Å². The van der Waals surface area contributed by atoms with Crippen molar-refractivity contribution in [3.05, 3.63) is 18.2 Å². The zero-order valence-corrected chi connectivity index (χ0v) is 20.3. The van der Waals surface area contributed by atoms with Gasteiger partial charge in [-0.2, -0.15) is 0 Å². The van der Waals surface area contributed by atoms with Gasteiger partial charge in [-0.3, -0.25) is 14.4 Å². The van der Waals surface area contributed by atoms with Gasteiger partial charge in [0.1, 0.15) is 18.1 Å². The average Bonchev–Trinajstić information content (AvgIpc) is 3.27. The molecule has 0 aliphatic carbocycles. The van der Waals surface area contributed by atoms with Crippen molar-refractivity contribution in [3.63, 3.8) is 0 Å². The zero-order valence-electron chi connectivity index (χ0n) is 20.3. The van der Waals surface area contributed by atoms with Gasteiger partial charge in [-0.15, -0.1) is 0 Å². The minimum absolute atomic E-state index is 0.100. The highest BCUT2D eigenvalue weighted by Gasteiger charge is 2.33. The van der Waals surface area contributed by atoms with E-state index in [9.17, 15) is 24.3 Å². The molecule has 4 atom stereocenters. The highest BCUT2D eigenvalue weighted by atomic mass is 16.4. The Labute approximate surface area is 200 Å². The number of aromatic amines is 1. The van der Waals surface area contributed by atoms with E-state index in [1.54, 1.807) is 27.7 Å². The maximum Gasteiger partial charge on any atom is 0.326 e. The maximum absolute atomic E-state index is 13.1. The van der Waals surface area contributed by atoms with Gasteiger partial charge in [0, 0.05) is 18.3 Å². The summed E-state index contributed by atoms with van der Waals surface area (Å²) in [6.07, 6.45) is 4.91. The van der Waals surface area contributed by atoms with Crippen LogP contribution in [0.1, 0.15) is 52.7 Å². The number of carboxylic acid groups (broad SMARTS) is 1. The number of amides is 3. The number of hydrogen-bond acceptors (Lipinski definition) is 7. The van der Waals surface area contributed by atoms with E-state index in [1.165, 1.54) is 12.5 Å². The van der Waals surface area contributed by atoms with Crippen molar-refractivity contribution in [1.82, 2.24) is 25.9 Å². The molecule has 4 unspecified atom stereocenters. The van der Waals surface area contributed by atoms with Gasteiger partial charge in [0.05, 0.1) is 12.4 Å². The first-order valence-electron chi connectivity index (χ1n) is 11.5. The Balaban J connectivity index is 2.97. The summed E-state index contributed by atoms with van der Waals surface area (Å²) in [6, 6.07) is -3.94. The first-order chi connectivity index (χ1) is 16.0. The van der Waals surface area contributed by atoms with Gasteiger partial charge in [-0.25, -0.2) is 9.78 Å². The second-order valence-corrected chi connectivity index (χ2v) is 9.03. The van der Waals surface area contributed by atoms with E-state index in [2.05, 4.69) is 25.9 Å². The van der Waals surface area contributed by atoms with Crippen molar-refractivity contribution in [2.24, 2.45) is 23.3 Å².